The maximum Gasteiger partial charge on any atom is 0.239 e. The summed E-state index contributed by atoms with van der Waals surface area (Å²) < 4.78 is 27.0. The van der Waals surface area contributed by atoms with Gasteiger partial charge in [0.05, 0.1) is 11.8 Å². The molecule has 3 fully saturated rings. The van der Waals surface area contributed by atoms with Gasteiger partial charge in [-0.05, 0) is 49.9 Å². The Morgan fingerprint density at radius 3 is 2.64 bits per heavy atom. The van der Waals surface area contributed by atoms with Gasteiger partial charge in [0.2, 0.25) is 15.9 Å². The van der Waals surface area contributed by atoms with Crippen molar-refractivity contribution in [3.8, 4) is 0 Å². The van der Waals surface area contributed by atoms with E-state index in [4.69, 9.17) is 0 Å². The monoisotopic (exact) mass is 323 g/mol. The number of hydrogen-bond acceptors (Lipinski definition) is 3. The van der Waals surface area contributed by atoms with Gasteiger partial charge in [-0.3, -0.25) is 4.79 Å². The number of carbonyl (C=O) groups excluding carboxylic acids is 1. The van der Waals surface area contributed by atoms with E-state index in [0.29, 0.717) is 12.3 Å². The quantitative estimate of drug-likeness (QED) is 0.697. The average Bonchev–Trinajstić information content (AvgIpc) is 2.94. The van der Waals surface area contributed by atoms with Gasteiger partial charge in [-0.25, -0.2) is 12.7 Å². The highest BCUT2D eigenvalue weighted by Crippen LogP contribution is 2.70. The van der Waals surface area contributed by atoms with Gasteiger partial charge >= 0.3 is 0 Å². The van der Waals surface area contributed by atoms with Gasteiger partial charge in [-0.1, -0.05) is 26.0 Å². The second-order valence-electron chi connectivity index (χ2n) is 8.24. The van der Waals surface area contributed by atoms with E-state index in [1.54, 1.807) is 0 Å². The zero-order valence-electron chi connectivity index (χ0n) is 13.4. The molecule has 1 spiro atoms. The summed E-state index contributed by atoms with van der Waals surface area (Å²) in [4.78, 5) is 13.0. The van der Waals surface area contributed by atoms with Gasteiger partial charge in [0.15, 0.2) is 0 Å². The molecule has 0 aromatic carbocycles. The molecule has 4 rings (SSSR count). The molecular weight excluding hydrogens is 298 g/mol. The van der Waals surface area contributed by atoms with Crippen LogP contribution in [-0.4, -0.2) is 30.4 Å². The van der Waals surface area contributed by atoms with Gasteiger partial charge in [-0.2, -0.15) is 0 Å². The minimum Gasteiger partial charge on any atom is -0.273 e. The van der Waals surface area contributed by atoms with Crippen molar-refractivity contribution in [1.29, 1.82) is 0 Å². The molecule has 4 nitrogen and oxygen atoms in total. The molecule has 5 heteroatoms. The zero-order valence-corrected chi connectivity index (χ0v) is 14.2. The predicted octanol–water partition coefficient (Wildman–Crippen LogP) is 2.71. The van der Waals surface area contributed by atoms with Crippen LogP contribution >= 0.6 is 0 Å². The van der Waals surface area contributed by atoms with Crippen LogP contribution in [0.3, 0.4) is 0 Å². The lowest BCUT2D eigenvalue weighted by molar-refractivity contribution is -0.133. The molecule has 22 heavy (non-hydrogen) atoms. The van der Waals surface area contributed by atoms with Gasteiger partial charge in [0.25, 0.3) is 0 Å². The first-order valence-corrected chi connectivity index (χ1v) is 10.1. The van der Waals surface area contributed by atoms with Crippen LogP contribution in [0.15, 0.2) is 12.2 Å². The number of sulfonamides is 1. The Labute approximate surface area is 133 Å². The van der Waals surface area contributed by atoms with Gasteiger partial charge in [0, 0.05) is 11.3 Å². The topological polar surface area (TPSA) is 54.5 Å². The maximum atomic E-state index is 13.0. The van der Waals surface area contributed by atoms with Crippen molar-refractivity contribution in [1.82, 2.24) is 4.31 Å². The van der Waals surface area contributed by atoms with Crippen LogP contribution in [0.2, 0.25) is 0 Å². The van der Waals surface area contributed by atoms with Crippen LogP contribution in [0, 0.1) is 22.7 Å². The Kier molecular flexibility index (Phi) is 2.93. The third kappa shape index (κ3) is 1.64. The fourth-order valence-electron chi connectivity index (χ4n) is 5.78. The zero-order chi connectivity index (χ0) is 15.8. The van der Waals surface area contributed by atoms with E-state index >= 15 is 0 Å². The summed E-state index contributed by atoms with van der Waals surface area (Å²) in [6.45, 7) is 4.44. The van der Waals surface area contributed by atoms with E-state index in [9.17, 15) is 13.2 Å². The molecule has 122 valence electrons. The standard InChI is InChI=1S/C17H25NO3S/c1-16(2)13-8-9-17(16)11-22(20,21)18(14(17)10-13)15(19)12-6-4-3-5-7-12/h3-4,12-14H,5-11H2,1-2H3/t12-,13?,14?,17?/m0/s1. The highest BCUT2D eigenvalue weighted by atomic mass is 32.2. The Bertz CT molecular complexity index is 651. The Hall–Kier alpha value is -0.840. The first-order chi connectivity index (χ1) is 10.3. The molecule has 0 radical (unpaired) electrons. The Balaban J connectivity index is 1.72. The second kappa shape index (κ2) is 4.37. The van der Waals surface area contributed by atoms with Crippen LogP contribution in [0.5, 0.6) is 0 Å². The largest absolute Gasteiger partial charge is 0.273 e. The minimum absolute atomic E-state index is 0.0340. The van der Waals surface area contributed by atoms with E-state index < -0.39 is 10.0 Å². The first kappa shape index (κ1) is 14.7. The van der Waals surface area contributed by atoms with Crippen LogP contribution in [0.4, 0.5) is 0 Å². The van der Waals surface area contributed by atoms with Crippen molar-refractivity contribution < 1.29 is 13.2 Å². The first-order valence-electron chi connectivity index (χ1n) is 8.50. The molecule has 1 saturated heterocycles. The van der Waals surface area contributed by atoms with E-state index in [-0.39, 0.29) is 34.4 Å². The average molecular weight is 323 g/mol. The Morgan fingerprint density at radius 2 is 2.00 bits per heavy atom. The highest BCUT2D eigenvalue weighted by molar-refractivity contribution is 7.90. The number of carbonyl (C=O) groups is 1. The van der Waals surface area contributed by atoms with Gasteiger partial charge in [-0.15, -0.1) is 0 Å². The second-order valence-corrected chi connectivity index (χ2v) is 10.1. The van der Waals surface area contributed by atoms with Gasteiger partial charge in [0.1, 0.15) is 0 Å². The van der Waals surface area contributed by atoms with Crippen molar-refractivity contribution in [2.24, 2.45) is 22.7 Å². The van der Waals surface area contributed by atoms with Crippen LogP contribution < -0.4 is 0 Å². The number of fused-ring (bicyclic) bond motifs is 1. The third-order valence-electron chi connectivity index (χ3n) is 7.25. The molecule has 3 unspecified atom stereocenters. The summed E-state index contributed by atoms with van der Waals surface area (Å²) in [6.07, 6.45) is 9.43. The summed E-state index contributed by atoms with van der Waals surface area (Å²) >= 11 is 0. The Morgan fingerprint density at radius 1 is 1.23 bits per heavy atom. The van der Waals surface area contributed by atoms with Crippen molar-refractivity contribution in [2.45, 2.75) is 58.4 Å². The van der Waals surface area contributed by atoms with E-state index in [1.807, 2.05) is 6.08 Å². The SMILES string of the molecule is CC1(C)C2CCC13CS(=O)(=O)N(C(=O)[C@H]1CC=CCC1)C3C2. The van der Waals surface area contributed by atoms with Crippen molar-refractivity contribution >= 4 is 15.9 Å². The lowest BCUT2D eigenvalue weighted by Crippen LogP contribution is -2.46. The maximum absolute atomic E-state index is 13.0. The predicted molar refractivity (Wildman–Crippen MR) is 84.5 cm³/mol. The summed E-state index contributed by atoms with van der Waals surface area (Å²) in [5.41, 5.74) is -0.164. The number of rotatable bonds is 1. The van der Waals surface area contributed by atoms with Crippen LogP contribution in [0.25, 0.3) is 0 Å². The number of amides is 1. The molecule has 4 aliphatic rings. The molecule has 4 atom stereocenters. The molecular formula is C17H25NO3S. The normalized spacial score (nSPS) is 44.3. The summed E-state index contributed by atoms with van der Waals surface area (Å²) in [5.74, 6) is 0.476. The number of hydrogen-bond donors (Lipinski definition) is 0. The van der Waals surface area contributed by atoms with E-state index in [0.717, 1.165) is 32.1 Å². The number of allylic oxidation sites excluding steroid dienone is 2. The fourth-order valence-corrected chi connectivity index (χ4v) is 8.37. The van der Waals surface area contributed by atoms with Gasteiger partial charge < -0.3 is 0 Å². The molecule has 1 aliphatic heterocycles. The molecule has 2 saturated carbocycles. The van der Waals surface area contributed by atoms with E-state index in [1.165, 1.54) is 4.31 Å². The van der Waals surface area contributed by atoms with Crippen molar-refractivity contribution in [3.63, 3.8) is 0 Å². The van der Waals surface area contributed by atoms with Crippen LogP contribution in [0.1, 0.15) is 52.4 Å². The molecule has 0 aromatic heterocycles. The van der Waals surface area contributed by atoms with Crippen molar-refractivity contribution in [3.05, 3.63) is 12.2 Å². The van der Waals surface area contributed by atoms with Crippen LogP contribution in [-0.2, 0) is 14.8 Å². The molecule has 1 amide bonds. The lowest BCUT2D eigenvalue weighted by Gasteiger charge is -2.37. The molecule has 1 heterocycles. The minimum atomic E-state index is -3.45. The lowest BCUT2D eigenvalue weighted by atomic mass is 9.69. The third-order valence-corrected chi connectivity index (χ3v) is 9.16. The summed E-state index contributed by atoms with van der Waals surface area (Å²) in [5, 5.41) is 0. The smallest absolute Gasteiger partial charge is 0.239 e. The molecule has 2 bridgehead atoms. The molecule has 3 aliphatic carbocycles. The van der Waals surface area contributed by atoms with Crippen molar-refractivity contribution in [2.75, 3.05) is 5.75 Å². The number of nitrogens with zero attached hydrogens (tertiary/aromatic N) is 1. The highest BCUT2D eigenvalue weighted by Gasteiger charge is 2.72. The summed E-state index contributed by atoms with van der Waals surface area (Å²) in [7, 11) is -3.45. The molecule has 0 aromatic rings. The molecule has 0 N–H and O–H groups in total. The van der Waals surface area contributed by atoms with E-state index in [2.05, 4.69) is 19.9 Å². The fraction of sp³-hybridized carbons (Fsp3) is 0.824. The summed E-state index contributed by atoms with van der Waals surface area (Å²) in [6, 6.07) is -0.0790.